The molecular weight excluding hydrogens is 376 g/mol. The second kappa shape index (κ2) is 9.50. The lowest BCUT2D eigenvalue weighted by atomic mass is 10.0. The Morgan fingerprint density at radius 1 is 1.00 bits per heavy atom. The molecular formula is C23H38N6O. The van der Waals surface area contributed by atoms with Gasteiger partial charge in [-0.2, -0.15) is 4.98 Å². The molecule has 3 aliphatic rings. The van der Waals surface area contributed by atoms with Crippen LogP contribution in [-0.4, -0.2) is 66.1 Å². The Morgan fingerprint density at radius 3 is 2.43 bits per heavy atom. The van der Waals surface area contributed by atoms with Gasteiger partial charge in [0, 0.05) is 31.6 Å². The number of amides is 1. The summed E-state index contributed by atoms with van der Waals surface area (Å²) in [6.07, 6.45) is 12.8. The Morgan fingerprint density at radius 2 is 1.70 bits per heavy atom. The summed E-state index contributed by atoms with van der Waals surface area (Å²) in [5.74, 6) is 1.81. The van der Waals surface area contributed by atoms with E-state index in [1.807, 2.05) is 13.2 Å². The summed E-state index contributed by atoms with van der Waals surface area (Å²) in [6.45, 7) is 4.54. The van der Waals surface area contributed by atoms with Crippen LogP contribution < -0.4 is 15.1 Å². The smallest absolute Gasteiger partial charge is 0.226 e. The number of fused-ring (bicyclic) bond motifs is 1. The Labute approximate surface area is 181 Å². The number of rotatable bonds is 3. The molecule has 1 saturated heterocycles. The van der Waals surface area contributed by atoms with Crippen LogP contribution in [0.4, 0.5) is 17.5 Å². The third-order valence-electron chi connectivity index (χ3n) is 7.24. The van der Waals surface area contributed by atoms with Crippen molar-refractivity contribution >= 4 is 23.4 Å². The monoisotopic (exact) mass is 414 g/mol. The molecule has 1 N–H and O–H groups in total. The van der Waals surface area contributed by atoms with Gasteiger partial charge in [-0.25, -0.2) is 4.98 Å². The van der Waals surface area contributed by atoms with Crippen LogP contribution in [0.15, 0.2) is 6.20 Å². The van der Waals surface area contributed by atoms with Crippen molar-refractivity contribution in [2.45, 2.75) is 89.3 Å². The quantitative estimate of drug-likeness (QED) is 0.814. The number of anilines is 3. The fourth-order valence-electron chi connectivity index (χ4n) is 5.28. The summed E-state index contributed by atoms with van der Waals surface area (Å²) >= 11 is 0. The third kappa shape index (κ3) is 4.71. The number of likely N-dealkylation sites (tertiary alicyclic amines) is 1. The minimum absolute atomic E-state index is 0.164. The Hall–Kier alpha value is -1.89. The van der Waals surface area contributed by atoms with E-state index in [-0.39, 0.29) is 5.91 Å². The fourth-order valence-corrected chi connectivity index (χ4v) is 5.28. The van der Waals surface area contributed by atoms with E-state index in [2.05, 4.69) is 34.1 Å². The first-order valence-corrected chi connectivity index (χ1v) is 11.9. The molecule has 0 radical (unpaired) electrons. The van der Waals surface area contributed by atoms with Gasteiger partial charge in [-0.3, -0.25) is 4.79 Å². The number of carbonyl (C=O) groups is 1. The van der Waals surface area contributed by atoms with Gasteiger partial charge in [-0.15, -0.1) is 0 Å². The van der Waals surface area contributed by atoms with Crippen molar-refractivity contribution in [3.05, 3.63) is 6.20 Å². The van der Waals surface area contributed by atoms with Gasteiger partial charge >= 0.3 is 0 Å². The number of carbonyl (C=O) groups excluding carboxylic acids is 1. The summed E-state index contributed by atoms with van der Waals surface area (Å²) in [5.41, 5.74) is 0.856. The first-order chi connectivity index (χ1) is 14.5. The van der Waals surface area contributed by atoms with Gasteiger partial charge in [-0.1, -0.05) is 19.3 Å². The summed E-state index contributed by atoms with van der Waals surface area (Å²) < 4.78 is 0. The molecule has 0 aromatic carbocycles. The molecule has 7 nitrogen and oxygen atoms in total. The zero-order valence-electron chi connectivity index (χ0n) is 18.9. The highest BCUT2D eigenvalue weighted by atomic mass is 16.2. The standard InChI is InChI=1S/C23H38N6O/c1-17-8-4-7-11-21(30)28(3)20-16-24-23(25-18-12-14-27(2)15-13-18)26-22(20)29(17)19-9-5-6-10-19/h16-19H,4-15H2,1-3H3,(H,24,25,26)/t17-/m0/s1. The van der Waals surface area contributed by atoms with Crippen molar-refractivity contribution in [1.82, 2.24) is 14.9 Å². The zero-order chi connectivity index (χ0) is 21.1. The molecule has 1 aromatic rings. The van der Waals surface area contributed by atoms with Crippen molar-refractivity contribution in [3.63, 3.8) is 0 Å². The van der Waals surface area contributed by atoms with E-state index < -0.39 is 0 Å². The van der Waals surface area contributed by atoms with Gasteiger partial charge in [0.1, 0.15) is 5.69 Å². The molecule has 1 aliphatic carbocycles. The van der Waals surface area contributed by atoms with Crippen LogP contribution in [0.5, 0.6) is 0 Å². The van der Waals surface area contributed by atoms with Crippen LogP contribution in [0, 0.1) is 0 Å². The summed E-state index contributed by atoms with van der Waals surface area (Å²) in [7, 11) is 4.06. The lowest BCUT2D eigenvalue weighted by Crippen LogP contribution is -2.43. The Kier molecular flexibility index (Phi) is 6.76. The minimum atomic E-state index is 0.164. The second-order valence-electron chi connectivity index (χ2n) is 9.52. The van der Waals surface area contributed by atoms with Crippen LogP contribution in [0.3, 0.4) is 0 Å². The number of hydrogen-bond acceptors (Lipinski definition) is 6. The topological polar surface area (TPSA) is 64.6 Å². The SMILES string of the molecule is C[C@H]1CCCCC(=O)N(C)c2cnc(NC3CCN(C)CC3)nc2N1C1CCCC1. The number of aromatic nitrogens is 2. The van der Waals surface area contributed by atoms with Crippen LogP contribution in [-0.2, 0) is 4.79 Å². The highest BCUT2D eigenvalue weighted by Crippen LogP contribution is 2.37. The summed E-state index contributed by atoms with van der Waals surface area (Å²) in [4.78, 5) is 29.2. The van der Waals surface area contributed by atoms with Gasteiger partial charge < -0.3 is 20.0 Å². The first-order valence-electron chi connectivity index (χ1n) is 11.9. The normalized spacial score (nSPS) is 25.4. The molecule has 7 heteroatoms. The third-order valence-corrected chi connectivity index (χ3v) is 7.24. The molecule has 166 valence electrons. The average molecular weight is 415 g/mol. The zero-order valence-corrected chi connectivity index (χ0v) is 18.9. The number of nitrogens with one attached hydrogen (secondary N) is 1. The van der Waals surface area contributed by atoms with E-state index in [0.29, 0.717) is 30.5 Å². The lowest BCUT2D eigenvalue weighted by molar-refractivity contribution is -0.118. The minimum Gasteiger partial charge on any atom is -0.351 e. The molecule has 1 aromatic heterocycles. The maximum atomic E-state index is 12.8. The predicted octanol–water partition coefficient (Wildman–Crippen LogP) is 3.66. The van der Waals surface area contributed by atoms with Crippen LogP contribution in [0.2, 0.25) is 0 Å². The van der Waals surface area contributed by atoms with Gasteiger partial charge in [0.15, 0.2) is 5.82 Å². The van der Waals surface area contributed by atoms with Gasteiger partial charge in [0.25, 0.3) is 0 Å². The molecule has 30 heavy (non-hydrogen) atoms. The van der Waals surface area contributed by atoms with Gasteiger partial charge in [0.05, 0.1) is 6.20 Å². The molecule has 0 bridgehead atoms. The summed E-state index contributed by atoms with van der Waals surface area (Å²) in [6, 6.07) is 1.34. The Bertz CT molecular complexity index is 726. The van der Waals surface area contributed by atoms with Crippen LogP contribution in [0.1, 0.15) is 71.1 Å². The fraction of sp³-hybridized carbons (Fsp3) is 0.783. The first kappa shape index (κ1) is 21.3. The van der Waals surface area contributed by atoms with Crippen LogP contribution in [0.25, 0.3) is 0 Å². The van der Waals surface area contributed by atoms with Crippen LogP contribution >= 0.6 is 0 Å². The van der Waals surface area contributed by atoms with Gasteiger partial charge in [0.2, 0.25) is 11.9 Å². The van der Waals surface area contributed by atoms with Crippen molar-refractivity contribution in [2.24, 2.45) is 0 Å². The maximum Gasteiger partial charge on any atom is 0.226 e. The molecule has 0 spiro atoms. The number of hydrogen-bond donors (Lipinski definition) is 1. The number of nitrogens with zero attached hydrogens (tertiary/aromatic N) is 5. The molecule has 4 rings (SSSR count). The molecule has 1 saturated carbocycles. The molecule has 0 unspecified atom stereocenters. The largest absolute Gasteiger partial charge is 0.351 e. The molecule has 2 aliphatic heterocycles. The van der Waals surface area contributed by atoms with E-state index in [1.54, 1.807) is 4.90 Å². The number of piperidine rings is 1. The van der Waals surface area contributed by atoms with Crippen molar-refractivity contribution < 1.29 is 4.79 Å². The molecule has 1 amide bonds. The van der Waals surface area contributed by atoms with E-state index in [0.717, 1.165) is 56.7 Å². The highest BCUT2D eigenvalue weighted by molar-refractivity contribution is 5.95. The Balaban J connectivity index is 1.68. The van der Waals surface area contributed by atoms with Crippen molar-refractivity contribution in [3.8, 4) is 0 Å². The molecule has 3 heterocycles. The van der Waals surface area contributed by atoms with E-state index in [1.165, 1.54) is 25.7 Å². The van der Waals surface area contributed by atoms with Gasteiger partial charge in [-0.05, 0) is 65.6 Å². The highest BCUT2D eigenvalue weighted by Gasteiger charge is 2.32. The van der Waals surface area contributed by atoms with E-state index in [9.17, 15) is 4.79 Å². The second-order valence-corrected chi connectivity index (χ2v) is 9.52. The lowest BCUT2D eigenvalue weighted by Gasteiger charge is -2.39. The molecule has 2 fully saturated rings. The molecule has 1 atom stereocenters. The predicted molar refractivity (Wildman–Crippen MR) is 122 cm³/mol. The average Bonchev–Trinajstić information content (AvgIpc) is 3.26. The van der Waals surface area contributed by atoms with E-state index >= 15 is 0 Å². The maximum absolute atomic E-state index is 12.8. The summed E-state index contributed by atoms with van der Waals surface area (Å²) in [5, 5.41) is 3.59. The van der Waals surface area contributed by atoms with Crippen molar-refractivity contribution in [1.29, 1.82) is 0 Å². The van der Waals surface area contributed by atoms with E-state index in [4.69, 9.17) is 4.98 Å². The van der Waals surface area contributed by atoms with Crippen molar-refractivity contribution in [2.75, 3.05) is 42.3 Å².